The first kappa shape index (κ1) is 17.3. The van der Waals surface area contributed by atoms with Crippen molar-refractivity contribution in [1.82, 2.24) is 4.90 Å². The minimum Gasteiger partial charge on any atom is -0.478 e. The number of benzene rings is 1. The fourth-order valence-corrected chi connectivity index (χ4v) is 3.20. The van der Waals surface area contributed by atoms with E-state index in [0.717, 1.165) is 0 Å². The van der Waals surface area contributed by atoms with Crippen molar-refractivity contribution in [3.63, 3.8) is 0 Å². The highest BCUT2D eigenvalue weighted by Gasteiger charge is 2.56. The van der Waals surface area contributed by atoms with Crippen LogP contribution in [0.15, 0.2) is 18.2 Å². The van der Waals surface area contributed by atoms with Gasteiger partial charge in [-0.05, 0) is 51.0 Å². The predicted molar refractivity (Wildman–Crippen MR) is 77.4 cm³/mol. The van der Waals surface area contributed by atoms with Gasteiger partial charge in [-0.3, -0.25) is 4.79 Å². The summed E-state index contributed by atoms with van der Waals surface area (Å²) in [6.07, 6.45) is -4.53. The Balaban J connectivity index is 2.37. The van der Waals surface area contributed by atoms with Crippen LogP contribution in [0.3, 0.4) is 0 Å². The molecule has 0 saturated carbocycles. The summed E-state index contributed by atoms with van der Waals surface area (Å²) in [5.74, 6) is -3.35. The third-order valence-corrected chi connectivity index (χ3v) is 4.40. The van der Waals surface area contributed by atoms with Crippen LogP contribution in [-0.2, 0) is 0 Å². The molecule has 1 aromatic rings. The fourth-order valence-electron chi connectivity index (χ4n) is 3.20. The molecular formula is C16H18F3NO3. The van der Waals surface area contributed by atoms with Crippen molar-refractivity contribution >= 4 is 11.9 Å². The molecule has 23 heavy (non-hydrogen) atoms. The lowest BCUT2D eigenvalue weighted by molar-refractivity contribution is -0.189. The average Bonchev–Trinajstić information content (AvgIpc) is 2.72. The second-order valence-electron chi connectivity index (χ2n) is 6.39. The molecule has 1 heterocycles. The Hall–Kier alpha value is -2.05. The van der Waals surface area contributed by atoms with E-state index in [1.54, 1.807) is 6.92 Å². The van der Waals surface area contributed by atoms with Crippen LogP contribution in [0.5, 0.6) is 0 Å². The number of nitrogens with zero attached hydrogens (tertiary/aromatic N) is 1. The number of carbonyl (C=O) groups is 2. The molecule has 1 fully saturated rings. The van der Waals surface area contributed by atoms with Gasteiger partial charge in [-0.25, -0.2) is 4.79 Å². The number of aromatic carboxylic acids is 1. The smallest absolute Gasteiger partial charge is 0.394 e. The summed E-state index contributed by atoms with van der Waals surface area (Å²) in [5.41, 5.74) is -0.767. The number of hydrogen-bond acceptors (Lipinski definition) is 2. The number of carboxylic acid groups (broad SMARTS) is 1. The Kier molecular flexibility index (Phi) is 4.17. The highest BCUT2D eigenvalue weighted by atomic mass is 19.4. The summed E-state index contributed by atoms with van der Waals surface area (Å²) in [5, 5.41) is 9.06. The molecule has 4 nitrogen and oxygen atoms in total. The van der Waals surface area contributed by atoms with Gasteiger partial charge in [0.1, 0.15) is 0 Å². The van der Waals surface area contributed by atoms with Crippen LogP contribution in [0.25, 0.3) is 0 Å². The minimum atomic E-state index is -4.38. The molecule has 0 radical (unpaired) electrons. The first-order valence-corrected chi connectivity index (χ1v) is 7.18. The van der Waals surface area contributed by atoms with Crippen LogP contribution < -0.4 is 0 Å². The van der Waals surface area contributed by atoms with E-state index >= 15 is 0 Å². The zero-order valence-electron chi connectivity index (χ0n) is 13.1. The molecule has 1 aromatic carbocycles. The first-order chi connectivity index (χ1) is 10.4. The summed E-state index contributed by atoms with van der Waals surface area (Å²) in [6.45, 7) is 4.41. The van der Waals surface area contributed by atoms with Crippen LogP contribution in [0.1, 0.15) is 46.5 Å². The van der Waals surface area contributed by atoms with Crippen LogP contribution in [0.2, 0.25) is 0 Å². The molecule has 1 amide bonds. The zero-order valence-corrected chi connectivity index (χ0v) is 13.1. The van der Waals surface area contributed by atoms with Crippen molar-refractivity contribution < 1.29 is 27.9 Å². The molecule has 1 N–H and O–H groups in total. The predicted octanol–water partition coefficient (Wildman–Crippen LogP) is 3.50. The van der Waals surface area contributed by atoms with Crippen LogP contribution >= 0.6 is 0 Å². The Morgan fingerprint density at radius 3 is 2.26 bits per heavy atom. The standard InChI is InChI=1S/C16H18F3NO3/c1-9-6-10(8-11(7-9)14(22)23)13(21)20-5-4-12(15(20,2)3)16(17,18)19/h6-8,12H,4-5H2,1-3H3,(H,22,23). The lowest BCUT2D eigenvalue weighted by Gasteiger charge is -2.36. The Bertz CT molecular complexity index is 652. The molecular weight excluding hydrogens is 311 g/mol. The number of aryl methyl sites for hydroxylation is 1. The maximum Gasteiger partial charge on any atom is 0.394 e. The van der Waals surface area contributed by atoms with Gasteiger partial charge in [0.25, 0.3) is 5.91 Å². The number of amides is 1. The highest BCUT2D eigenvalue weighted by molar-refractivity contribution is 5.98. The lowest BCUT2D eigenvalue weighted by atomic mass is 9.87. The molecule has 0 bridgehead atoms. The summed E-state index contributed by atoms with van der Waals surface area (Å²) in [6, 6.07) is 4.10. The number of rotatable bonds is 2. The van der Waals surface area contributed by atoms with Crippen LogP contribution in [-0.4, -0.2) is 40.1 Å². The van der Waals surface area contributed by atoms with Gasteiger partial charge in [0.2, 0.25) is 0 Å². The van der Waals surface area contributed by atoms with Gasteiger partial charge in [0.15, 0.2) is 0 Å². The maximum absolute atomic E-state index is 13.1. The number of likely N-dealkylation sites (tertiary alicyclic amines) is 1. The SMILES string of the molecule is Cc1cc(C(=O)O)cc(C(=O)N2CCC(C(F)(F)F)C2(C)C)c1. The molecule has 1 unspecified atom stereocenters. The van der Waals surface area contributed by atoms with Crippen molar-refractivity contribution in [1.29, 1.82) is 0 Å². The molecule has 2 rings (SSSR count). The van der Waals surface area contributed by atoms with E-state index in [1.165, 1.54) is 36.9 Å². The van der Waals surface area contributed by atoms with Crippen molar-refractivity contribution in [3.05, 3.63) is 34.9 Å². The van der Waals surface area contributed by atoms with Crippen LogP contribution in [0.4, 0.5) is 13.2 Å². The number of hydrogen-bond donors (Lipinski definition) is 1. The number of carboxylic acids is 1. The number of carbonyl (C=O) groups excluding carboxylic acids is 1. The lowest BCUT2D eigenvalue weighted by Crippen LogP contribution is -2.49. The van der Waals surface area contributed by atoms with Gasteiger partial charge in [-0.15, -0.1) is 0 Å². The normalized spacial score (nSPS) is 20.6. The van der Waals surface area contributed by atoms with Gasteiger partial charge in [0.05, 0.1) is 11.5 Å². The van der Waals surface area contributed by atoms with Gasteiger partial charge >= 0.3 is 12.1 Å². The minimum absolute atomic E-state index is 0.00758. The van der Waals surface area contributed by atoms with Crippen molar-refractivity contribution in [3.8, 4) is 0 Å². The van der Waals surface area contributed by atoms with Gasteiger partial charge in [-0.1, -0.05) is 0 Å². The molecule has 126 valence electrons. The molecule has 1 saturated heterocycles. The molecule has 7 heteroatoms. The molecule has 1 aliphatic heterocycles. The van der Waals surface area contributed by atoms with Crippen molar-refractivity contribution in [2.24, 2.45) is 5.92 Å². The third-order valence-electron chi connectivity index (χ3n) is 4.40. The Morgan fingerprint density at radius 2 is 1.78 bits per heavy atom. The van der Waals surface area contributed by atoms with E-state index in [0.29, 0.717) is 5.56 Å². The van der Waals surface area contributed by atoms with E-state index in [4.69, 9.17) is 5.11 Å². The third kappa shape index (κ3) is 3.18. The number of halogens is 3. The first-order valence-electron chi connectivity index (χ1n) is 7.18. The topological polar surface area (TPSA) is 57.6 Å². The van der Waals surface area contributed by atoms with E-state index in [9.17, 15) is 22.8 Å². The summed E-state index contributed by atoms with van der Waals surface area (Å²) < 4.78 is 39.3. The Labute approximate surface area is 131 Å². The quantitative estimate of drug-likeness (QED) is 0.903. The number of alkyl halides is 3. The Morgan fingerprint density at radius 1 is 1.22 bits per heavy atom. The highest BCUT2D eigenvalue weighted by Crippen LogP contribution is 2.45. The van der Waals surface area contributed by atoms with Crippen LogP contribution in [0, 0.1) is 12.8 Å². The molecule has 0 aromatic heterocycles. The van der Waals surface area contributed by atoms with E-state index in [-0.39, 0.29) is 24.1 Å². The summed E-state index contributed by atoms with van der Waals surface area (Å²) in [7, 11) is 0. The van der Waals surface area contributed by atoms with E-state index < -0.39 is 29.5 Å². The van der Waals surface area contributed by atoms with Gasteiger partial charge < -0.3 is 10.0 Å². The second kappa shape index (κ2) is 5.54. The molecule has 0 spiro atoms. The van der Waals surface area contributed by atoms with Gasteiger partial charge in [-0.2, -0.15) is 13.2 Å². The largest absolute Gasteiger partial charge is 0.478 e. The molecule has 1 aliphatic rings. The molecule has 1 atom stereocenters. The average molecular weight is 329 g/mol. The molecule has 0 aliphatic carbocycles. The van der Waals surface area contributed by atoms with Crippen molar-refractivity contribution in [2.75, 3.05) is 6.54 Å². The van der Waals surface area contributed by atoms with E-state index in [2.05, 4.69) is 0 Å². The fraction of sp³-hybridized carbons (Fsp3) is 0.500. The maximum atomic E-state index is 13.1. The summed E-state index contributed by atoms with van der Waals surface area (Å²) >= 11 is 0. The zero-order chi connectivity index (χ0) is 17.6. The summed E-state index contributed by atoms with van der Waals surface area (Å²) in [4.78, 5) is 24.9. The second-order valence-corrected chi connectivity index (χ2v) is 6.39. The van der Waals surface area contributed by atoms with Crippen molar-refractivity contribution in [2.45, 2.75) is 38.9 Å². The van der Waals surface area contributed by atoms with E-state index in [1.807, 2.05) is 0 Å². The monoisotopic (exact) mass is 329 g/mol. The van der Waals surface area contributed by atoms with Gasteiger partial charge in [0, 0.05) is 17.6 Å².